The molecule has 0 spiro atoms. The van der Waals surface area contributed by atoms with Crippen molar-refractivity contribution in [3.05, 3.63) is 39.8 Å². The van der Waals surface area contributed by atoms with Gasteiger partial charge in [0, 0.05) is 5.02 Å². The zero-order valence-electron chi connectivity index (χ0n) is 11.6. The van der Waals surface area contributed by atoms with Crippen LogP contribution >= 0.6 is 35.6 Å². The van der Waals surface area contributed by atoms with Crippen molar-refractivity contribution in [2.45, 2.75) is 0 Å². The van der Waals surface area contributed by atoms with Crippen LogP contribution in [0.1, 0.15) is 5.56 Å². The van der Waals surface area contributed by atoms with Gasteiger partial charge in [-0.3, -0.25) is 19.3 Å². The number of nitrogens with zero attached hydrogens (tertiary/aromatic N) is 1. The maximum atomic E-state index is 12.3. The highest BCUT2D eigenvalue weighted by molar-refractivity contribution is 8.26. The Kier molecular flexibility index (Phi) is 5.75. The maximum Gasteiger partial charge on any atom is 0.322 e. The molecule has 0 atom stereocenters. The van der Waals surface area contributed by atoms with Gasteiger partial charge in [-0.2, -0.15) is 0 Å². The molecule has 1 aliphatic heterocycles. The van der Waals surface area contributed by atoms with E-state index in [1.165, 1.54) is 0 Å². The number of hydrogen-bond acceptors (Lipinski definition) is 5. The molecule has 0 saturated carbocycles. The van der Waals surface area contributed by atoms with Crippen molar-refractivity contribution in [2.75, 3.05) is 13.1 Å². The van der Waals surface area contributed by atoms with Crippen LogP contribution in [0.5, 0.6) is 0 Å². The Bertz CT molecular complexity index is 703. The normalized spacial score (nSPS) is 16.0. The van der Waals surface area contributed by atoms with Gasteiger partial charge in [-0.05, 0) is 23.8 Å². The minimum absolute atomic E-state index is 0.251. The Balaban J connectivity index is 2.06. The number of benzene rings is 1. The Morgan fingerprint density at radius 2 is 2.00 bits per heavy atom. The van der Waals surface area contributed by atoms with Crippen molar-refractivity contribution in [3.63, 3.8) is 0 Å². The van der Waals surface area contributed by atoms with Crippen molar-refractivity contribution in [1.29, 1.82) is 0 Å². The molecule has 0 unspecified atom stereocenters. The van der Waals surface area contributed by atoms with E-state index >= 15 is 0 Å². The lowest BCUT2D eigenvalue weighted by atomic mass is 10.2. The lowest BCUT2D eigenvalue weighted by molar-refractivity contribution is -0.138. The topological polar surface area (TPSA) is 86.7 Å². The highest BCUT2D eigenvalue weighted by Crippen LogP contribution is 2.32. The number of thioether (sulfide) groups is 1. The van der Waals surface area contributed by atoms with Gasteiger partial charge in [0.2, 0.25) is 5.91 Å². The molecule has 6 nitrogen and oxygen atoms in total. The maximum absolute atomic E-state index is 12.3. The number of carboxylic acid groups (broad SMARTS) is 1. The average Bonchev–Trinajstić information content (AvgIpc) is 2.75. The molecule has 0 bridgehead atoms. The number of hydrogen-bond donors (Lipinski definition) is 2. The van der Waals surface area contributed by atoms with E-state index in [1.807, 2.05) is 0 Å². The Morgan fingerprint density at radius 1 is 1.35 bits per heavy atom. The number of carbonyl (C=O) groups excluding carboxylic acids is 2. The summed E-state index contributed by atoms with van der Waals surface area (Å²) in [5.41, 5.74) is 0.783. The number of halogens is 1. The summed E-state index contributed by atoms with van der Waals surface area (Å²) in [7, 11) is 0. The van der Waals surface area contributed by atoms with E-state index in [9.17, 15) is 14.4 Å². The van der Waals surface area contributed by atoms with Crippen LogP contribution in [0, 0.1) is 0 Å². The zero-order valence-corrected chi connectivity index (χ0v) is 14.0. The van der Waals surface area contributed by atoms with Crippen LogP contribution in [0.3, 0.4) is 0 Å². The SMILES string of the molecule is O=C(O)CNC(=O)CN1C(=O)/C(=C/c2ccc(Cl)cc2)SC1=S. The van der Waals surface area contributed by atoms with Crippen LogP contribution in [-0.4, -0.2) is 45.2 Å². The number of carbonyl (C=O) groups is 3. The lowest BCUT2D eigenvalue weighted by Gasteiger charge is -2.13. The van der Waals surface area contributed by atoms with Gasteiger partial charge in [0.1, 0.15) is 17.4 Å². The predicted octanol–water partition coefficient (Wildman–Crippen LogP) is 1.74. The fourth-order valence-corrected chi connectivity index (χ4v) is 3.10. The summed E-state index contributed by atoms with van der Waals surface area (Å²) in [6, 6.07) is 6.92. The second-order valence-corrected chi connectivity index (χ2v) is 6.60. The molecule has 1 aromatic rings. The van der Waals surface area contributed by atoms with Crippen molar-refractivity contribution in [2.24, 2.45) is 0 Å². The van der Waals surface area contributed by atoms with E-state index < -0.39 is 18.4 Å². The van der Waals surface area contributed by atoms with E-state index in [-0.39, 0.29) is 16.8 Å². The molecule has 0 aromatic heterocycles. The van der Waals surface area contributed by atoms with E-state index in [1.54, 1.807) is 30.3 Å². The number of amides is 2. The first-order valence-corrected chi connectivity index (χ1v) is 7.96. The van der Waals surface area contributed by atoms with Crippen LogP contribution < -0.4 is 5.32 Å². The summed E-state index contributed by atoms with van der Waals surface area (Å²) in [4.78, 5) is 35.8. The van der Waals surface area contributed by atoms with Gasteiger partial charge < -0.3 is 10.4 Å². The molecule has 120 valence electrons. The quantitative estimate of drug-likeness (QED) is 0.606. The molecule has 1 saturated heterocycles. The Labute approximate surface area is 146 Å². The largest absolute Gasteiger partial charge is 0.480 e. The zero-order chi connectivity index (χ0) is 17.0. The Morgan fingerprint density at radius 3 is 2.61 bits per heavy atom. The first kappa shape index (κ1) is 17.5. The molecule has 2 N–H and O–H groups in total. The fraction of sp³-hybridized carbons (Fsp3) is 0.143. The van der Waals surface area contributed by atoms with Gasteiger partial charge in [-0.25, -0.2) is 0 Å². The van der Waals surface area contributed by atoms with Crippen molar-refractivity contribution in [1.82, 2.24) is 10.2 Å². The average molecular weight is 371 g/mol. The van der Waals surface area contributed by atoms with E-state index in [0.717, 1.165) is 22.2 Å². The second-order valence-electron chi connectivity index (χ2n) is 4.49. The Hall–Kier alpha value is -1.90. The number of thiocarbonyl (C=S) groups is 1. The van der Waals surface area contributed by atoms with Gasteiger partial charge in [0.15, 0.2) is 0 Å². The predicted molar refractivity (Wildman–Crippen MR) is 92.0 cm³/mol. The first-order chi connectivity index (χ1) is 10.9. The van der Waals surface area contributed by atoms with Crippen LogP contribution in [0.2, 0.25) is 5.02 Å². The second kappa shape index (κ2) is 7.58. The van der Waals surface area contributed by atoms with Gasteiger partial charge in [0.05, 0.1) is 4.91 Å². The van der Waals surface area contributed by atoms with Crippen molar-refractivity contribution in [3.8, 4) is 0 Å². The summed E-state index contributed by atoms with van der Waals surface area (Å²) in [6.45, 7) is -0.815. The smallest absolute Gasteiger partial charge is 0.322 e. The van der Waals surface area contributed by atoms with Gasteiger partial charge in [-0.15, -0.1) is 0 Å². The summed E-state index contributed by atoms with van der Waals surface area (Å²) >= 11 is 12.0. The van der Waals surface area contributed by atoms with E-state index in [0.29, 0.717) is 9.93 Å². The third kappa shape index (κ3) is 4.78. The first-order valence-electron chi connectivity index (χ1n) is 6.36. The minimum atomic E-state index is -1.16. The summed E-state index contributed by atoms with van der Waals surface area (Å²) in [5.74, 6) is -2.14. The molecule has 9 heteroatoms. The van der Waals surface area contributed by atoms with E-state index in [2.05, 4.69) is 5.32 Å². The highest BCUT2D eigenvalue weighted by Gasteiger charge is 2.33. The number of aliphatic carboxylic acids is 1. The molecule has 2 rings (SSSR count). The molecule has 1 aromatic carbocycles. The lowest BCUT2D eigenvalue weighted by Crippen LogP contribution is -2.41. The molecule has 0 aliphatic carbocycles. The molecule has 0 radical (unpaired) electrons. The standard InChI is InChI=1S/C14H11ClN2O4S2/c15-9-3-1-8(2-4-9)5-10-13(21)17(14(22)23-10)7-11(18)16-6-12(19)20/h1-5H,6-7H2,(H,16,18)(H,19,20)/b10-5-. The summed E-state index contributed by atoms with van der Waals surface area (Å²) < 4.78 is 0.251. The fourth-order valence-electron chi connectivity index (χ4n) is 1.72. The third-order valence-electron chi connectivity index (χ3n) is 2.78. The number of nitrogens with one attached hydrogen (secondary N) is 1. The molecule has 2 amide bonds. The summed E-state index contributed by atoms with van der Waals surface area (Å²) in [6.07, 6.45) is 1.66. The highest BCUT2D eigenvalue weighted by atomic mass is 35.5. The minimum Gasteiger partial charge on any atom is -0.480 e. The van der Waals surface area contributed by atoms with Gasteiger partial charge in [-0.1, -0.05) is 47.7 Å². The van der Waals surface area contributed by atoms with Gasteiger partial charge in [0.25, 0.3) is 5.91 Å². The van der Waals surface area contributed by atoms with Crippen molar-refractivity contribution >= 4 is 63.8 Å². The molecular weight excluding hydrogens is 360 g/mol. The van der Waals surface area contributed by atoms with Crippen LogP contribution in [0.15, 0.2) is 29.2 Å². The van der Waals surface area contributed by atoms with Crippen LogP contribution in [0.25, 0.3) is 6.08 Å². The molecule has 1 heterocycles. The molecule has 1 fully saturated rings. The van der Waals surface area contributed by atoms with Gasteiger partial charge >= 0.3 is 5.97 Å². The van der Waals surface area contributed by atoms with E-state index in [4.69, 9.17) is 28.9 Å². The van der Waals surface area contributed by atoms with Crippen LogP contribution in [0.4, 0.5) is 0 Å². The third-order valence-corrected chi connectivity index (χ3v) is 4.41. The number of rotatable bonds is 5. The molecule has 1 aliphatic rings. The number of carboxylic acids is 1. The van der Waals surface area contributed by atoms with Crippen molar-refractivity contribution < 1.29 is 19.5 Å². The summed E-state index contributed by atoms with van der Waals surface area (Å²) in [5, 5.41) is 11.3. The molecule has 23 heavy (non-hydrogen) atoms. The van der Waals surface area contributed by atoms with Crippen LogP contribution in [-0.2, 0) is 14.4 Å². The molecular formula is C14H11ClN2O4S2. The monoisotopic (exact) mass is 370 g/mol.